The first-order chi connectivity index (χ1) is 15.2. The normalized spacial score (nSPS) is 11.4. The van der Waals surface area contributed by atoms with Crippen molar-refractivity contribution in [2.75, 3.05) is 0 Å². The Morgan fingerprint density at radius 2 is 1.24 bits per heavy atom. The van der Waals surface area contributed by atoms with Gasteiger partial charge in [0.1, 0.15) is 5.75 Å². The van der Waals surface area contributed by atoms with Crippen molar-refractivity contribution in [3.05, 3.63) is 125 Å². The van der Waals surface area contributed by atoms with Crippen molar-refractivity contribution in [3.63, 3.8) is 0 Å². The van der Waals surface area contributed by atoms with Gasteiger partial charge >= 0.3 is 95.6 Å². The summed E-state index contributed by atoms with van der Waals surface area (Å²) in [5.41, 5.74) is 4.79. The molecule has 1 aliphatic rings. The van der Waals surface area contributed by atoms with Crippen LogP contribution in [0.15, 0.2) is 96.2 Å². The molecule has 0 heterocycles. The first kappa shape index (κ1) is 32.3. The van der Waals surface area contributed by atoms with Crippen molar-refractivity contribution in [2.45, 2.75) is 39.9 Å². The predicted octanol–water partition coefficient (Wildman–Crippen LogP) is 1.37. The van der Waals surface area contributed by atoms with Gasteiger partial charge in [-0.25, -0.2) is 11.3 Å². The molecule has 1 aliphatic carbocycles. The fourth-order valence-electron chi connectivity index (χ4n) is 3.25. The molecule has 179 valence electrons. The first-order valence-electron chi connectivity index (χ1n) is 10.9. The quantitative estimate of drug-likeness (QED) is 0.391. The molecule has 0 saturated carbocycles. The molecule has 5 heteroatoms. The van der Waals surface area contributed by atoms with E-state index in [9.17, 15) is 0 Å². The number of phenolic OH excluding ortho intramolecular Hbond substituents is 1. The molecule has 0 aliphatic heterocycles. The summed E-state index contributed by atoms with van der Waals surface area (Å²) >= 11 is 2.16. The fraction of sp³-hybridized carbons (Fsp3) is 0.207. The minimum atomic E-state index is -1.01. The van der Waals surface area contributed by atoms with Gasteiger partial charge in [-0.1, -0.05) is 25.7 Å². The molecule has 3 aromatic carbocycles. The fourth-order valence-corrected chi connectivity index (χ4v) is 5.02. The number of halogens is 2. The molecular formula is C29H33Cl2OSiTi-2. The van der Waals surface area contributed by atoms with E-state index in [2.05, 4.69) is 106 Å². The van der Waals surface area contributed by atoms with Gasteiger partial charge in [0.25, 0.3) is 0 Å². The van der Waals surface area contributed by atoms with Gasteiger partial charge in [0.05, 0.1) is 0 Å². The van der Waals surface area contributed by atoms with Gasteiger partial charge in [-0.3, -0.25) is 6.08 Å². The molecule has 0 fully saturated rings. The molecule has 3 aromatic rings. The molecule has 0 radical (unpaired) electrons. The third-order valence-corrected chi connectivity index (χ3v) is 7.70. The van der Waals surface area contributed by atoms with Gasteiger partial charge in [0, 0.05) is 8.07 Å². The molecule has 0 aromatic heterocycles. The summed E-state index contributed by atoms with van der Waals surface area (Å²) < 4.78 is 1.33. The second kappa shape index (κ2) is 16.1. The van der Waals surface area contributed by atoms with Crippen LogP contribution in [0.1, 0.15) is 28.7 Å². The standard InChI is InChI=1S/C13H10.C8H10O.C8H13Si.2ClH.Ti/c1-3-7-12(8-4-1)11-13-9-5-2-6-10-13;1-6-3-7(2)5-8(9)4-6;1-9(2,3)8-6-4-5-7-8;;;/h1-10H;3-5,9H,1-2H3;4,6H,5H2,1-3H3;2*1H;/q;;-1;;;+1/p-2. The summed E-state index contributed by atoms with van der Waals surface area (Å²) in [6.45, 7) is 11.0. The van der Waals surface area contributed by atoms with Crippen molar-refractivity contribution in [1.82, 2.24) is 0 Å². The zero-order chi connectivity index (χ0) is 23.6. The molecule has 0 unspecified atom stereocenters. The SMILES string of the molecule is C[Si](C)(C)C1=[C-]CC=C1.Cc1cc(C)cc(O)c1.[Cl-].[Cl-].[Ti+]=[C](c1ccccc1)c1ccccc1. The Morgan fingerprint density at radius 1 is 0.794 bits per heavy atom. The van der Waals surface area contributed by atoms with Crippen LogP contribution in [-0.4, -0.2) is 17.0 Å². The topological polar surface area (TPSA) is 20.2 Å². The van der Waals surface area contributed by atoms with Crippen LogP contribution in [0, 0.1) is 19.9 Å². The molecule has 0 bridgehead atoms. The molecule has 1 N–H and O–H groups in total. The number of aromatic hydroxyl groups is 1. The molecule has 34 heavy (non-hydrogen) atoms. The summed E-state index contributed by atoms with van der Waals surface area (Å²) in [5, 5.41) is 10.5. The van der Waals surface area contributed by atoms with Gasteiger partial charge in [-0.15, -0.1) is 6.42 Å². The Morgan fingerprint density at radius 3 is 1.53 bits per heavy atom. The van der Waals surface area contributed by atoms with Crippen molar-refractivity contribution >= 4 is 11.9 Å². The molecular weight excluding hydrogens is 511 g/mol. The summed E-state index contributed by atoms with van der Waals surface area (Å²) in [6.07, 6.45) is 8.82. The monoisotopic (exact) mass is 543 g/mol. The van der Waals surface area contributed by atoms with Crippen molar-refractivity contribution in [1.29, 1.82) is 0 Å². The van der Waals surface area contributed by atoms with Crippen LogP contribution in [0.5, 0.6) is 5.75 Å². The summed E-state index contributed by atoms with van der Waals surface area (Å²) in [6, 6.07) is 26.5. The van der Waals surface area contributed by atoms with E-state index in [1.54, 1.807) is 12.1 Å². The Labute approximate surface area is 230 Å². The van der Waals surface area contributed by atoms with Crippen LogP contribution in [0.4, 0.5) is 0 Å². The predicted molar refractivity (Wildman–Crippen MR) is 138 cm³/mol. The Balaban J connectivity index is 0.000000485. The summed E-state index contributed by atoms with van der Waals surface area (Å²) in [7, 11) is -1.01. The molecule has 0 spiro atoms. The van der Waals surface area contributed by atoms with Gasteiger partial charge in [-0.2, -0.15) is 6.08 Å². The van der Waals surface area contributed by atoms with Crippen molar-refractivity contribution < 1.29 is 49.9 Å². The third kappa shape index (κ3) is 11.6. The molecule has 0 saturated heterocycles. The average Bonchev–Trinajstić information content (AvgIpc) is 3.30. The number of rotatable bonds is 3. The molecule has 0 atom stereocenters. The number of hydrogen-bond donors (Lipinski definition) is 1. The number of phenols is 1. The van der Waals surface area contributed by atoms with Crippen LogP contribution in [0.25, 0.3) is 0 Å². The van der Waals surface area contributed by atoms with E-state index in [4.69, 9.17) is 5.11 Å². The molecule has 4 rings (SSSR count). The van der Waals surface area contributed by atoms with E-state index in [-0.39, 0.29) is 24.8 Å². The van der Waals surface area contributed by atoms with Gasteiger partial charge in [-0.05, 0) is 37.1 Å². The Hall–Kier alpha value is -1.68. The van der Waals surface area contributed by atoms with E-state index < -0.39 is 8.07 Å². The van der Waals surface area contributed by atoms with E-state index in [0.29, 0.717) is 5.75 Å². The van der Waals surface area contributed by atoms with Crippen molar-refractivity contribution in [2.24, 2.45) is 0 Å². The van der Waals surface area contributed by atoms with Gasteiger partial charge in [0.2, 0.25) is 0 Å². The van der Waals surface area contributed by atoms with Gasteiger partial charge in [0.15, 0.2) is 0 Å². The third-order valence-electron chi connectivity index (χ3n) is 4.83. The van der Waals surface area contributed by atoms with Crippen LogP contribution < -0.4 is 24.8 Å². The van der Waals surface area contributed by atoms with Crippen molar-refractivity contribution in [3.8, 4) is 5.75 Å². The second-order valence-corrected chi connectivity index (χ2v) is 14.7. The van der Waals surface area contributed by atoms with E-state index in [0.717, 1.165) is 17.5 Å². The summed E-state index contributed by atoms with van der Waals surface area (Å²) in [5.74, 6) is 0.354. The number of benzene rings is 3. The first-order valence-corrected chi connectivity index (χ1v) is 15.2. The molecule has 1 nitrogen and oxygen atoms in total. The Bertz CT molecular complexity index is 980. The molecule has 0 amide bonds. The number of allylic oxidation sites excluding steroid dienone is 4. The van der Waals surface area contributed by atoms with Crippen LogP contribution in [0.2, 0.25) is 19.6 Å². The Kier molecular flexibility index (Phi) is 15.3. The van der Waals surface area contributed by atoms with Crippen LogP contribution in [0.3, 0.4) is 0 Å². The zero-order valence-electron chi connectivity index (χ0n) is 20.6. The van der Waals surface area contributed by atoms with Crippen LogP contribution in [-0.2, 0) is 20.0 Å². The van der Waals surface area contributed by atoms with Crippen LogP contribution >= 0.6 is 0 Å². The minimum absolute atomic E-state index is 0. The second-order valence-electron chi connectivity index (χ2n) is 8.90. The maximum absolute atomic E-state index is 8.99. The zero-order valence-corrected chi connectivity index (χ0v) is 24.6. The van der Waals surface area contributed by atoms with E-state index >= 15 is 0 Å². The number of hydrogen-bond acceptors (Lipinski definition) is 1. The van der Waals surface area contributed by atoms with E-state index in [1.807, 2.05) is 32.0 Å². The average molecular weight is 544 g/mol. The van der Waals surface area contributed by atoms with Gasteiger partial charge < -0.3 is 29.9 Å². The summed E-state index contributed by atoms with van der Waals surface area (Å²) in [4.78, 5) is 0. The maximum atomic E-state index is 8.99. The van der Waals surface area contributed by atoms with E-state index in [1.165, 1.54) is 20.1 Å². The number of aryl methyl sites for hydroxylation is 2.